The van der Waals surface area contributed by atoms with Crippen molar-refractivity contribution in [2.24, 2.45) is 101 Å². The first-order chi connectivity index (χ1) is 61.6. The third-order valence-corrected chi connectivity index (χ3v) is 29.5. The fourth-order valence-electron chi connectivity index (χ4n) is 17.2. The van der Waals surface area contributed by atoms with Crippen molar-refractivity contribution in [3.8, 4) is 0 Å². The molecule has 870 valence electrons. The number of nitrogens with zero attached hydrogens (tertiary/aromatic N) is 1. The maximum Gasteiger partial charge on any atom is 0.436 e. The molecule has 0 spiro atoms. The van der Waals surface area contributed by atoms with E-state index in [4.69, 9.17) is 9.84 Å². The summed E-state index contributed by atoms with van der Waals surface area (Å²) in [6.45, 7) is 30.9. The summed E-state index contributed by atoms with van der Waals surface area (Å²) in [5.41, 5.74) is -27.9. The average Bonchev–Trinajstić information content (AvgIpc) is 1.72. The molecule has 1 saturated heterocycles. The number of amides is 2. The first kappa shape index (κ1) is 157. The third kappa shape index (κ3) is 42.0. The number of fused-ring (bicyclic) bond motifs is 2. The van der Waals surface area contributed by atoms with Gasteiger partial charge in [0.05, 0.1) is 19.8 Å². The number of rotatable bonds is 21. The van der Waals surface area contributed by atoms with Crippen LogP contribution in [0.2, 0.25) is 0 Å². The van der Waals surface area contributed by atoms with Crippen LogP contribution in [0.4, 0.5) is 136 Å². The lowest BCUT2D eigenvalue weighted by molar-refractivity contribution is -0.298. The summed E-state index contributed by atoms with van der Waals surface area (Å²) in [6, 6.07) is 2.60. The van der Waals surface area contributed by atoms with E-state index in [1.165, 1.54) is 20.8 Å². The smallest absolute Gasteiger partial charge is 0.436 e. The van der Waals surface area contributed by atoms with Crippen LogP contribution in [0, 0.1) is 101 Å². The van der Waals surface area contributed by atoms with Gasteiger partial charge in [-0.15, -0.1) is 0 Å². The fourth-order valence-corrected chi connectivity index (χ4v) is 17.2. The molecule has 6 aliphatic rings. The third-order valence-electron chi connectivity index (χ3n) is 29.5. The number of aliphatic hydroxyl groups is 9. The Balaban J connectivity index is -0.000000208. The quantitative estimate of drug-likeness (QED) is 0.0316. The summed E-state index contributed by atoms with van der Waals surface area (Å²) >= 11 is 0. The number of hydrogen-bond donors (Lipinski definition) is 9. The zero-order chi connectivity index (χ0) is 110. The molecule has 23 unspecified atom stereocenters. The topological polar surface area (TPSA) is 246 Å². The van der Waals surface area contributed by atoms with Gasteiger partial charge in [0.15, 0.2) is 44.8 Å². The van der Waals surface area contributed by atoms with E-state index in [0.29, 0.717) is 135 Å². The maximum absolute atomic E-state index is 13.2. The minimum absolute atomic E-state index is 0. The standard InChI is InChI=1S/C16H26F6O2.C16H20F6O2.C14H23F3O3.C13H21F3O.C13H23F3O.C9H12F3NO3.C8H15F3O.C2H5F.CH2F2.CH3F.6CH4/c2*1-5-9(2)10-6-11(13(3,23)15(17,18)19)8-12(7-10)14(4,24)16(20,21)22;1-4-9(2)12(18)20-11-7-5-10(6-8-11)13(3,19)14(15,16)17;1-7-8(2)11-5-9(7)4-10(11)6-12(3,17)13(14,15)16;1-4-9(2)10-5-7-11(8-6-10)12(3,17)13(14,15)16;1-4-5(2)7(15)13(6(4)14)8(3,16)9(10,11)12;1-4-6(2)5-7(3,12)8(9,10)11;1-2-3;2-1-3;1-2;;;;;;/h9-12,23-24H,5-8H2,1-4H3;6-9,23-24H,5H2,1-4H3;9-11,19H,4-8H2,1-3H3;7-11,17H,4-6H2,1-3H3;9-11,17H,4-8H2,1-3H3;4-5,16H,1-3H3;6,12H,4-5H2,1-3H3;2H2,1H3;1H2;1H3;6*1H4. The van der Waals surface area contributed by atoms with E-state index in [-0.39, 0.29) is 142 Å². The Labute approximate surface area is 834 Å². The van der Waals surface area contributed by atoms with Gasteiger partial charge in [-0.1, -0.05) is 173 Å². The number of imide groups is 1. The molecule has 14 nitrogen and oxygen atoms in total. The molecule has 45 heteroatoms. The predicted octanol–water partition coefficient (Wildman–Crippen LogP) is 30.5. The minimum Gasteiger partial charge on any atom is -0.462 e. The molecular weight excluding hydrogens is 2000 g/mol. The minimum atomic E-state index is -5.08. The molecule has 1 aromatic rings. The highest BCUT2D eigenvalue weighted by molar-refractivity contribution is 6.05. The fraction of sp³-hybridized carbons (Fsp3) is 0.909. The highest BCUT2D eigenvalue weighted by Gasteiger charge is 2.66. The molecule has 0 radical (unpaired) electrons. The van der Waals surface area contributed by atoms with Crippen molar-refractivity contribution in [1.29, 1.82) is 0 Å². The zero-order valence-corrected chi connectivity index (χ0v) is 83.1. The average molecular weight is 2180 g/mol. The second-order valence-corrected chi connectivity index (χ2v) is 39.7. The Kier molecular flexibility index (Phi) is 66.1. The van der Waals surface area contributed by atoms with Crippen LogP contribution in [0.25, 0.3) is 0 Å². The highest BCUT2D eigenvalue weighted by atomic mass is 19.4. The van der Waals surface area contributed by atoms with E-state index in [2.05, 4.69) is 27.7 Å². The van der Waals surface area contributed by atoms with Crippen LogP contribution in [-0.2, 0) is 30.3 Å². The normalized spacial score (nSPS) is 27.2. The van der Waals surface area contributed by atoms with Crippen LogP contribution in [0.3, 0.4) is 0 Å². The molecular formula is C99H174F31NO13. The lowest BCUT2D eigenvalue weighted by Crippen LogP contribution is -2.59. The lowest BCUT2D eigenvalue weighted by atomic mass is 9.62. The van der Waals surface area contributed by atoms with Crippen molar-refractivity contribution in [2.75, 3.05) is 20.8 Å². The van der Waals surface area contributed by atoms with E-state index in [1.54, 1.807) is 41.5 Å². The van der Waals surface area contributed by atoms with E-state index in [1.807, 2.05) is 13.8 Å². The molecule has 0 aromatic heterocycles. The summed E-state index contributed by atoms with van der Waals surface area (Å²) in [7, 11) is 0.500. The molecule has 9 N–H and O–H groups in total. The van der Waals surface area contributed by atoms with Crippen molar-refractivity contribution < 1.29 is 201 Å². The second-order valence-electron chi connectivity index (χ2n) is 39.7. The number of ether oxygens (including phenoxy) is 1. The summed E-state index contributed by atoms with van der Waals surface area (Å²) in [4.78, 5) is 34.5. The summed E-state index contributed by atoms with van der Waals surface area (Å²) in [5.74, 6) is -6.15. The molecule has 6 fully saturated rings. The van der Waals surface area contributed by atoms with E-state index in [9.17, 15) is 191 Å². The molecule has 7 rings (SSSR count). The van der Waals surface area contributed by atoms with Crippen LogP contribution in [0.5, 0.6) is 0 Å². The Morgan fingerprint density at radius 3 is 0.965 bits per heavy atom. The van der Waals surface area contributed by atoms with Crippen molar-refractivity contribution in [2.45, 2.75) is 457 Å². The molecule has 1 aromatic carbocycles. The van der Waals surface area contributed by atoms with E-state index >= 15 is 0 Å². The van der Waals surface area contributed by atoms with Gasteiger partial charge in [0, 0.05) is 11.8 Å². The first-order valence-electron chi connectivity index (χ1n) is 46.0. The van der Waals surface area contributed by atoms with Gasteiger partial charge in [0.1, 0.15) is 6.10 Å². The Morgan fingerprint density at radius 1 is 0.389 bits per heavy atom. The van der Waals surface area contributed by atoms with Crippen LogP contribution in [-0.4, -0.2) is 190 Å². The number of esters is 1. The molecule has 5 saturated carbocycles. The van der Waals surface area contributed by atoms with Gasteiger partial charge in [-0.05, 0) is 290 Å². The number of likely N-dealkylation sites (tertiary alicyclic amines) is 1. The van der Waals surface area contributed by atoms with E-state index < -0.39 is 184 Å². The summed E-state index contributed by atoms with van der Waals surface area (Å²) in [5, 5.41) is 86.7. The van der Waals surface area contributed by atoms with Gasteiger partial charge < -0.3 is 50.7 Å². The molecule has 2 amide bonds. The van der Waals surface area contributed by atoms with Crippen LogP contribution < -0.4 is 0 Å². The largest absolute Gasteiger partial charge is 0.462 e. The molecule has 1 aliphatic heterocycles. The van der Waals surface area contributed by atoms with Gasteiger partial charge in [0.25, 0.3) is 0 Å². The predicted molar refractivity (Wildman–Crippen MR) is 496 cm³/mol. The molecule has 2 bridgehead atoms. The van der Waals surface area contributed by atoms with Gasteiger partial charge in [0.2, 0.25) is 24.5 Å². The summed E-state index contributed by atoms with van der Waals surface area (Å²) < 4.78 is 390. The summed E-state index contributed by atoms with van der Waals surface area (Å²) in [6.07, 6.45) is -35.3. The number of carbonyl (C=O) groups is 3. The van der Waals surface area contributed by atoms with Crippen molar-refractivity contribution in [1.82, 2.24) is 4.90 Å². The van der Waals surface area contributed by atoms with E-state index in [0.717, 1.165) is 71.9 Å². The molecule has 5 aliphatic carbocycles. The van der Waals surface area contributed by atoms with Gasteiger partial charge in [-0.3, -0.25) is 23.2 Å². The van der Waals surface area contributed by atoms with Gasteiger partial charge in [-0.2, -0.15) is 119 Å². The number of hydrogen-bond acceptors (Lipinski definition) is 13. The Hall–Kier alpha value is -4.70. The number of halogens is 31. The number of alkyl halides is 31. The second kappa shape index (κ2) is 60.7. The Bertz CT molecular complexity index is 3580. The SMILES string of the molecule is C.C.C.C.C.C.CC1C(=O)N(C(C)(O)C(F)(F)F)C(=O)C1C.CC1C2CC(CC(C)(O)C(F)(F)F)C(C2)C1C.CCC(C)C(=O)OC1CCC(C(C)(O)C(F)(F)F)CC1.CCC(C)C1CC(C(C)(O)C(F)(F)F)CC(C(C)(O)C(F)(F)F)C1.CCC(C)C1CCC(C(C)(O)C(F)(F)F)CC1.CCC(C)CC(C)(O)C(F)(F)F.CCC(C)c1cc(C(C)(O)C(F)(F)F)cc(C(C)(O)C(F)(F)F)c1.CCF.CF.FCF. The monoisotopic (exact) mass is 2170 g/mol. The lowest BCUT2D eigenvalue weighted by Gasteiger charge is -2.48. The molecule has 23 atom stereocenters. The highest BCUT2D eigenvalue weighted by Crippen LogP contribution is 2.59. The molecule has 1 heterocycles. The maximum atomic E-state index is 13.2. The van der Waals surface area contributed by atoms with Crippen LogP contribution in [0.1, 0.15) is 362 Å². The van der Waals surface area contributed by atoms with Crippen LogP contribution in [0.15, 0.2) is 18.2 Å². The molecule has 144 heavy (non-hydrogen) atoms. The van der Waals surface area contributed by atoms with Crippen LogP contribution >= 0.6 is 0 Å². The van der Waals surface area contributed by atoms with Gasteiger partial charge in [-0.25, -0.2) is 13.7 Å². The van der Waals surface area contributed by atoms with Crippen molar-refractivity contribution in [3.05, 3.63) is 34.9 Å². The first-order valence-corrected chi connectivity index (χ1v) is 46.0. The zero-order valence-electron chi connectivity index (χ0n) is 83.1. The van der Waals surface area contributed by atoms with Gasteiger partial charge >= 0.3 is 61.6 Å². The number of benzene rings is 1. The number of carbonyl (C=O) groups excluding carboxylic acids is 3. The van der Waals surface area contributed by atoms with Crippen molar-refractivity contribution >= 4 is 17.8 Å². The van der Waals surface area contributed by atoms with Crippen molar-refractivity contribution in [3.63, 3.8) is 0 Å². The Morgan fingerprint density at radius 2 is 0.701 bits per heavy atom.